The van der Waals surface area contributed by atoms with Crippen LogP contribution >= 0.6 is 11.8 Å². The number of carbonyl (C=O) groups is 1. The molecule has 0 aliphatic carbocycles. The quantitative estimate of drug-likeness (QED) is 0.423. The van der Waals surface area contributed by atoms with Gasteiger partial charge < -0.3 is 10.1 Å². The van der Waals surface area contributed by atoms with Gasteiger partial charge in [0.15, 0.2) is 5.16 Å². The largest absolute Gasteiger partial charge is 0.492 e. The van der Waals surface area contributed by atoms with Crippen molar-refractivity contribution in [1.82, 2.24) is 9.55 Å². The van der Waals surface area contributed by atoms with Crippen molar-refractivity contribution >= 4 is 34.3 Å². The highest BCUT2D eigenvalue weighted by Crippen LogP contribution is 2.27. The first-order chi connectivity index (χ1) is 14.4. The number of thioether (sulfide) groups is 1. The summed E-state index contributed by atoms with van der Waals surface area (Å²) in [6, 6.07) is 14.6. The fraction of sp³-hybridized carbons (Fsp3) is 0.348. The van der Waals surface area contributed by atoms with Crippen molar-refractivity contribution < 1.29 is 9.53 Å². The van der Waals surface area contributed by atoms with E-state index in [-0.39, 0.29) is 17.4 Å². The van der Waals surface area contributed by atoms with E-state index in [1.54, 1.807) is 10.6 Å². The molecule has 0 fully saturated rings. The fourth-order valence-corrected chi connectivity index (χ4v) is 3.98. The molecule has 158 valence electrons. The average molecular weight is 426 g/mol. The number of fused-ring (bicyclic) bond motifs is 1. The van der Waals surface area contributed by atoms with Crippen molar-refractivity contribution in [3.05, 3.63) is 58.9 Å². The first-order valence-corrected chi connectivity index (χ1v) is 11.0. The summed E-state index contributed by atoms with van der Waals surface area (Å²) in [5.74, 6) is 0.726. The van der Waals surface area contributed by atoms with E-state index in [4.69, 9.17) is 4.74 Å². The summed E-state index contributed by atoms with van der Waals surface area (Å²) in [7, 11) is 0. The standard InChI is InChI=1S/C23H27N3O3S/c1-5-29-20-13-9-8-12-19(20)24-21(27)16(4)30-23-25-18-11-7-6-10-17(18)22(28)26(23)14-15(2)3/h6-13,15-16H,5,14H2,1-4H3,(H,24,27)/t16-/m0/s1. The number of ether oxygens (including phenoxy) is 1. The van der Waals surface area contributed by atoms with Crippen LogP contribution in [0.4, 0.5) is 5.69 Å². The molecule has 0 radical (unpaired) electrons. The van der Waals surface area contributed by atoms with Gasteiger partial charge in [0.05, 0.1) is 28.4 Å². The van der Waals surface area contributed by atoms with Crippen molar-refractivity contribution in [2.45, 2.75) is 44.6 Å². The second-order valence-corrected chi connectivity index (χ2v) is 8.71. The fourth-order valence-electron chi connectivity index (χ4n) is 3.06. The van der Waals surface area contributed by atoms with Gasteiger partial charge in [-0.2, -0.15) is 0 Å². The number of hydrogen-bond acceptors (Lipinski definition) is 5. The van der Waals surface area contributed by atoms with Gasteiger partial charge in [0, 0.05) is 6.54 Å². The maximum atomic E-state index is 13.0. The Morgan fingerprint density at radius 3 is 2.57 bits per heavy atom. The molecule has 1 amide bonds. The zero-order valence-electron chi connectivity index (χ0n) is 17.7. The summed E-state index contributed by atoms with van der Waals surface area (Å²) in [6.45, 7) is 8.87. The van der Waals surface area contributed by atoms with Gasteiger partial charge in [-0.3, -0.25) is 14.2 Å². The Morgan fingerprint density at radius 1 is 1.13 bits per heavy atom. The van der Waals surface area contributed by atoms with Crippen LogP contribution in [0.25, 0.3) is 10.9 Å². The second-order valence-electron chi connectivity index (χ2n) is 7.40. The summed E-state index contributed by atoms with van der Waals surface area (Å²) < 4.78 is 7.26. The van der Waals surface area contributed by atoms with E-state index in [9.17, 15) is 9.59 Å². The third kappa shape index (κ3) is 5.02. The molecule has 3 rings (SSSR count). The van der Waals surface area contributed by atoms with Gasteiger partial charge in [-0.05, 0) is 44.0 Å². The summed E-state index contributed by atoms with van der Waals surface area (Å²) in [4.78, 5) is 30.6. The number of nitrogens with zero attached hydrogens (tertiary/aromatic N) is 2. The van der Waals surface area contributed by atoms with Crippen molar-refractivity contribution in [3.8, 4) is 5.75 Å². The molecule has 3 aromatic rings. The van der Waals surface area contributed by atoms with E-state index >= 15 is 0 Å². The zero-order chi connectivity index (χ0) is 21.7. The Morgan fingerprint density at radius 2 is 1.83 bits per heavy atom. The lowest BCUT2D eigenvalue weighted by Crippen LogP contribution is -2.28. The van der Waals surface area contributed by atoms with Crippen LogP contribution in [-0.2, 0) is 11.3 Å². The highest BCUT2D eigenvalue weighted by atomic mass is 32.2. The van der Waals surface area contributed by atoms with Crippen LogP contribution in [0.3, 0.4) is 0 Å². The monoisotopic (exact) mass is 425 g/mol. The third-order valence-electron chi connectivity index (χ3n) is 4.47. The first kappa shape index (κ1) is 21.9. The number of benzene rings is 2. The van der Waals surface area contributed by atoms with Crippen molar-refractivity contribution in [2.75, 3.05) is 11.9 Å². The predicted molar refractivity (Wildman–Crippen MR) is 122 cm³/mol. The molecule has 0 spiro atoms. The Labute approximate surface area is 180 Å². The lowest BCUT2D eigenvalue weighted by molar-refractivity contribution is -0.115. The van der Waals surface area contributed by atoms with Crippen LogP contribution in [-0.4, -0.2) is 27.3 Å². The third-order valence-corrected chi connectivity index (χ3v) is 5.56. The summed E-state index contributed by atoms with van der Waals surface area (Å²) in [5, 5.41) is 3.61. The molecule has 1 heterocycles. The number of para-hydroxylation sites is 3. The van der Waals surface area contributed by atoms with E-state index in [0.29, 0.717) is 40.6 Å². The first-order valence-electron chi connectivity index (χ1n) is 10.1. The molecule has 0 saturated carbocycles. The van der Waals surface area contributed by atoms with Gasteiger partial charge in [-0.1, -0.05) is 49.9 Å². The number of amides is 1. The normalized spacial score (nSPS) is 12.2. The molecule has 6 nitrogen and oxygen atoms in total. The number of hydrogen-bond donors (Lipinski definition) is 1. The topological polar surface area (TPSA) is 73.2 Å². The Hall–Kier alpha value is -2.80. The highest BCUT2D eigenvalue weighted by Gasteiger charge is 2.21. The second kappa shape index (κ2) is 9.80. The molecule has 0 aliphatic heterocycles. The van der Waals surface area contributed by atoms with Crippen molar-refractivity contribution in [1.29, 1.82) is 0 Å². The smallest absolute Gasteiger partial charge is 0.262 e. The molecule has 1 N–H and O–H groups in total. The van der Waals surface area contributed by atoms with E-state index in [1.165, 1.54) is 11.8 Å². The van der Waals surface area contributed by atoms with E-state index in [2.05, 4.69) is 24.1 Å². The SMILES string of the molecule is CCOc1ccccc1NC(=O)[C@H](C)Sc1nc2ccccc2c(=O)n1CC(C)C. The minimum atomic E-state index is -0.453. The Balaban J connectivity index is 1.88. The van der Waals surface area contributed by atoms with Crippen LogP contribution in [0, 0.1) is 5.92 Å². The lowest BCUT2D eigenvalue weighted by atomic mass is 10.2. The van der Waals surface area contributed by atoms with Gasteiger partial charge in [0.25, 0.3) is 5.56 Å². The molecular weight excluding hydrogens is 398 g/mol. The molecule has 1 atom stereocenters. The van der Waals surface area contributed by atoms with Crippen LogP contribution in [0.2, 0.25) is 0 Å². The Bertz CT molecular complexity index is 1090. The van der Waals surface area contributed by atoms with E-state index < -0.39 is 5.25 Å². The van der Waals surface area contributed by atoms with Gasteiger partial charge in [-0.25, -0.2) is 4.98 Å². The Kier molecular flexibility index (Phi) is 7.15. The van der Waals surface area contributed by atoms with Gasteiger partial charge in [0.2, 0.25) is 5.91 Å². The molecule has 0 saturated heterocycles. The summed E-state index contributed by atoms with van der Waals surface area (Å²) in [6.07, 6.45) is 0. The molecule has 0 aliphatic rings. The lowest BCUT2D eigenvalue weighted by Gasteiger charge is -2.18. The van der Waals surface area contributed by atoms with Crippen LogP contribution in [0.1, 0.15) is 27.7 Å². The van der Waals surface area contributed by atoms with Crippen LogP contribution in [0.15, 0.2) is 58.5 Å². The van der Waals surface area contributed by atoms with Gasteiger partial charge in [0.1, 0.15) is 5.75 Å². The molecular formula is C23H27N3O3S. The van der Waals surface area contributed by atoms with Gasteiger partial charge in [-0.15, -0.1) is 0 Å². The molecule has 30 heavy (non-hydrogen) atoms. The highest BCUT2D eigenvalue weighted by molar-refractivity contribution is 8.00. The van der Waals surface area contributed by atoms with Crippen molar-refractivity contribution in [3.63, 3.8) is 0 Å². The molecule has 2 aromatic carbocycles. The number of carbonyl (C=O) groups excluding carboxylic acids is 1. The number of rotatable bonds is 8. The molecule has 0 bridgehead atoms. The summed E-state index contributed by atoms with van der Waals surface area (Å²) >= 11 is 1.29. The number of aromatic nitrogens is 2. The molecule has 1 aromatic heterocycles. The average Bonchev–Trinajstić information content (AvgIpc) is 2.72. The number of nitrogens with one attached hydrogen (secondary N) is 1. The molecule has 7 heteroatoms. The van der Waals surface area contributed by atoms with Crippen molar-refractivity contribution in [2.24, 2.45) is 5.92 Å². The minimum Gasteiger partial charge on any atom is -0.492 e. The van der Waals surface area contributed by atoms with E-state index in [0.717, 1.165) is 0 Å². The minimum absolute atomic E-state index is 0.0777. The van der Waals surface area contributed by atoms with Crippen LogP contribution in [0.5, 0.6) is 5.75 Å². The number of anilines is 1. The molecule has 0 unspecified atom stereocenters. The van der Waals surface area contributed by atoms with E-state index in [1.807, 2.05) is 56.3 Å². The van der Waals surface area contributed by atoms with Gasteiger partial charge >= 0.3 is 0 Å². The maximum absolute atomic E-state index is 13.0. The predicted octanol–water partition coefficient (Wildman–Crippen LogP) is 4.57. The zero-order valence-corrected chi connectivity index (χ0v) is 18.5. The maximum Gasteiger partial charge on any atom is 0.262 e. The van der Waals surface area contributed by atoms with Crippen LogP contribution < -0.4 is 15.6 Å². The summed E-state index contributed by atoms with van der Waals surface area (Å²) in [5.41, 5.74) is 1.19.